The number of benzene rings is 4. The molecule has 0 heterocycles. The molecule has 0 saturated heterocycles. The Morgan fingerprint density at radius 2 is 1.03 bits per heavy atom. The maximum atomic E-state index is 12.4. The first-order valence-corrected chi connectivity index (χ1v) is 14.0. The Hall–Kier alpha value is -2.65. The highest BCUT2D eigenvalue weighted by molar-refractivity contribution is 8.76. The molecule has 0 spiro atoms. The minimum absolute atomic E-state index is 0.281. The Balaban J connectivity index is 0.000000194. The molecule has 4 aromatic carbocycles. The fourth-order valence-electron chi connectivity index (χ4n) is 3.35. The molecule has 2 nitrogen and oxygen atoms in total. The molecule has 0 radical (unpaired) electrons. The average Bonchev–Trinajstić information content (AvgIpc) is 2.84. The lowest BCUT2D eigenvalue weighted by atomic mass is 10.0. The zero-order valence-corrected chi connectivity index (χ0v) is 21.4. The second-order valence-electron chi connectivity index (χ2n) is 7.50. The minimum atomic E-state index is -2.04. The lowest BCUT2D eigenvalue weighted by Crippen LogP contribution is -2.07. The van der Waals surface area contributed by atoms with Gasteiger partial charge in [-0.1, -0.05) is 98.4 Å². The summed E-state index contributed by atoms with van der Waals surface area (Å²) in [6, 6.07) is 33.6. The quantitative estimate of drug-likeness (QED) is 0.201. The molecule has 0 bridgehead atoms. The molecule has 0 N–H and O–H groups in total. The van der Waals surface area contributed by atoms with Crippen LogP contribution in [0.15, 0.2) is 113 Å². The second kappa shape index (κ2) is 12.6. The van der Waals surface area contributed by atoms with E-state index in [0.717, 1.165) is 16.7 Å². The van der Waals surface area contributed by atoms with Crippen molar-refractivity contribution >= 4 is 40.2 Å². The van der Waals surface area contributed by atoms with Gasteiger partial charge in [0.2, 0.25) is 0 Å². The van der Waals surface area contributed by atoms with E-state index in [-0.39, 0.29) is 5.52 Å². The molecule has 0 aliphatic heterocycles. The molecule has 0 fully saturated rings. The molecule has 1 unspecified atom stereocenters. The molecule has 33 heavy (non-hydrogen) atoms. The molecular formula is C28H26O2PS2+. The van der Waals surface area contributed by atoms with Crippen molar-refractivity contribution in [3.63, 3.8) is 0 Å². The van der Waals surface area contributed by atoms with Crippen LogP contribution >= 0.6 is 29.4 Å². The standard InChI is InChI=1S/C16H16O2P.C12H10S2/c1-11-9-12(2)15(13(3)10-11)16(17)19(18)14-7-5-4-6-8-14;1-3-7-11(8-4-1)13-14-12-9-5-2-6-10-12/h4-10H,1-3H3;1-10H/q+1;. The van der Waals surface area contributed by atoms with E-state index in [0.29, 0.717) is 10.9 Å². The largest absolute Gasteiger partial charge is 0.458 e. The van der Waals surface area contributed by atoms with Crippen molar-refractivity contribution in [2.75, 3.05) is 0 Å². The van der Waals surface area contributed by atoms with Crippen LogP contribution in [-0.4, -0.2) is 5.52 Å². The molecular weight excluding hydrogens is 463 g/mol. The Morgan fingerprint density at radius 1 is 0.636 bits per heavy atom. The van der Waals surface area contributed by atoms with E-state index < -0.39 is 7.80 Å². The Bertz CT molecular complexity index is 1150. The molecule has 0 saturated carbocycles. The molecule has 0 aromatic heterocycles. The van der Waals surface area contributed by atoms with Gasteiger partial charge in [-0.15, -0.1) is 0 Å². The van der Waals surface area contributed by atoms with E-state index in [1.165, 1.54) is 9.79 Å². The summed E-state index contributed by atoms with van der Waals surface area (Å²) in [7, 11) is 1.54. The highest BCUT2D eigenvalue weighted by Gasteiger charge is 2.34. The second-order valence-corrected chi connectivity index (χ2v) is 11.3. The van der Waals surface area contributed by atoms with Gasteiger partial charge < -0.3 is 0 Å². The van der Waals surface area contributed by atoms with Gasteiger partial charge in [-0.25, -0.2) is 4.79 Å². The average molecular weight is 490 g/mol. The van der Waals surface area contributed by atoms with Gasteiger partial charge in [-0.05, 0) is 68.3 Å². The predicted molar refractivity (Wildman–Crippen MR) is 143 cm³/mol. The van der Waals surface area contributed by atoms with Crippen molar-refractivity contribution in [1.82, 2.24) is 0 Å². The molecule has 166 valence electrons. The topological polar surface area (TPSA) is 34.1 Å². The lowest BCUT2D eigenvalue weighted by molar-refractivity contribution is 0.107. The fourth-order valence-corrected chi connectivity index (χ4v) is 6.55. The number of hydrogen-bond donors (Lipinski definition) is 0. The Labute approximate surface area is 205 Å². The predicted octanol–water partition coefficient (Wildman–Crippen LogP) is 8.39. The van der Waals surface area contributed by atoms with Gasteiger partial charge in [0.25, 0.3) is 0 Å². The summed E-state index contributed by atoms with van der Waals surface area (Å²) in [5.41, 5.74) is 3.21. The zero-order chi connectivity index (χ0) is 23.6. The SMILES string of the molecule is Cc1cc(C)c(C(=O)[P+](=O)c2ccccc2)c(C)c1.c1ccc(SSc2ccccc2)cc1. The first-order valence-electron chi connectivity index (χ1n) is 10.5. The van der Waals surface area contributed by atoms with Crippen molar-refractivity contribution in [3.05, 3.63) is 125 Å². The van der Waals surface area contributed by atoms with Crippen molar-refractivity contribution < 1.29 is 9.36 Å². The first kappa shape index (κ1) is 25.0. The third kappa shape index (κ3) is 7.43. The summed E-state index contributed by atoms with van der Waals surface area (Å²) in [5, 5.41) is 0.585. The van der Waals surface area contributed by atoms with E-state index in [1.54, 1.807) is 45.9 Å². The summed E-state index contributed by atoms with van der Waals surface area (Å²) in [5.74, 6) is 0. The van der Waals surface area contributed by atoms with Crippen LogP contribution in [0.5, 0.6) is 0 Å². The van der Waals surface area contributed by atoms with Crippen molar-refractivity contribution in [3.8, 4) is 0 Å². The van der Waals surface area contributed by atoms with Gasteiger partial charge in [0, 0.05) is 9.79 Å². The molecule has 4 rings (SSSR count). The van der Waals surface area contributed by atoms with Gasteiger partial charge in [0.1, 0.15) is 0 Å². The summed E-state index contributed by atoms with van der Waals surface area (Å²) in [4.78, 5) is 15.0. The summed E-state index contributed by atoms with van der Waals surface area (Å²) >= 11 is 0. The van der Waals surface area contributed by atoms with E-state index in [1.807, 2.05) is 51.1 Å². The van der Waals surface area contributed by atoms with E-state index in [2.05, 4.69) is 48.5 Å². The fraction of sp³-hybridized carbons (Fsp3) is 0.107. The van der Waals surface area contributed by atoms with E-state index in [4.69, 9.17) is 0 Å². The number of rotatable bonds is 6. The molecule has 0 aliphatic carbocycles. The van der Waals surface area contributed by atoms with Crippen molar-refractivity contribution in [2.24, 2.45) is 0 Å². The number of carbonyl (C=O) groups excluding carboxylic acids is 1. The third-order valence-electron chi connectivity index (χ3n) is 4.79. The molecule has 5 heteroatoms. The van der Waals surface area contributed by atoms with E-state index >= 15 is 0 Å². The monoisotopic (exact) mass is 489 g/mol. The third-order valence-corrected chi connectivity index (χ3v) is 8.56. The Morgan fingerprint density at radius 3 is 1.45 bits per heavy atom. The number of aryl methyl sites for hydroxylation is 3. The number of hydrogen-bond acceptors (Lipinski definition) is 4. The van der Waals surface area contributed by atoms with Crippen LogP contribution in [0, 0.1) is 20.8 Å². The first-order chi connectivity index (χ1) is 16.0. The number of carbonyl (C=O) groups is 1. The van der Waals surface area contributed by atoms with Crippen LogP contribution in [-0.2, 0) is 4.57 Å². The van der Waals surface area contributed by atoms with Gasteiger partial charge in [-0.3, -0.25) is 0 Å². The summed E-state index contributed by atoms with van der Waals surface area (Å²) in [6.07, 6.45) is 0. The van der Waals surface area contributed by atoms with Crippen molar-refractivity contribution in [2.45, 2.75) is 30.6 Å². The normalized spacial score (nSPS) is 10.7. The maximum Gasteiger partial charge on any atom is 0.458 e. The van der Waals surface area contributed by atoms with Crippen LogP contribution in [0.2, 0.25) is 0 Å². The van der Waals surface area contributed by atoms with Crippen LogP contribution in [0.4, 0.5) is 0 Å². The van der Waals surface area contributed by atoms with Gasteiger partial charge in [0.15, 0.2) is 5.30 Å². The summed E-state index contributed by atoms with van der Waals surface area (Å²) < 4.78 is 12.3. The summed E-state index contributed by atoms with van der Waals surface area (Å²) in [6.45, 7) is 5.77. The van der Waals surface area contributed by atoms with Gasteiger partial charge >= 0.3 is 13.3 Å². The van der Waals surface area contributed by atoms with Crippen molar-refractivity contribution in [1.29, 1.82) is 0 Å². The highest BCUT2D eigenvalue weighted by atomic mass is 33.1. The molecule has 0 aliphatic rings. The van der Waals surface area contributed by atoms with Gasteiger partial charge in [-0.2, -0.15) is 0 Å². The van der Waals surface area contributed by atoms with E-state index in [9.17, 15) is 9.36 Å². The molecule has 1 atom stereocenters. The highest BCUT2D eigenvalue weighted by Crippen LogP contribution is 2.36. The smallest absolute Gasteiger partial charge is 0.234 e. The van der Waals surface area contributed by atoms with Crippen LogP contribution in [0.25, 0.3) is 0 Å². The lowest BCUT2D eigenvalue weighted by Gasteiger charge is -2.05. The minimum Gasteiger partial charge on any atom is -0.234 e. The van der Waals surface area contributed by atoms with Crippen LogP contribution in [0.1, 0.15) is 27.0 Å². The maximum absolute atomic E-state index is 12.4. The zero-order valence-electron chi connectivity index (χ0n) is 18.9. The van der Waals surface area contributed by atoms with Gasteiger partial charge in [0.05, 0.1) is 5.56 Å². The molecule has 4 aromatic rings. The molecule has 0 amide bonds. The Kier molecular flexibility index (Phi) is 9.50. The van der Waals surface area contributed by atoms with Crippen LogP contribution < -0.4 is 5.30 Å². The van der Waals surface area contributed by atoms with Crippen LogP contribution in [0.3, 0.4) is 0 Å².